The first kappa shape index (κ1) is 16.8. The maximum Gasteiger partial charge on any atom is 0.0412 e. The van der Waals surface area contributed by atoms with Crippen LogP contribution in [0, 0.1) is 5.92 Å². The zero-order valence-electron chi connectivity index (χ0n) is 13.7. The Labute approximate surface area is 138 Å². The van der Waals surface area contributed by atoms with Gasteiger partial charge in [0.1, 0.15) is 0 Å². The van der Waals surface area contributed by atoms with Crippen molar-refractivity contribution in [1.82, 2.24) is 5.32 Å². The van der Waals surface area contributed by atoms with Crippen molar-refractivity contribution in [2.45, 2.75) is 59.0 Å². The van der Waals surface area contributed by atoms with Crippen LogP contribution in [-0.2, 0) is 6.54 Å². The molecule has 1 aliphatic rings. The van der Waals surface area contributed by atoms with Crippen molar-refractivity contribution in [2.75, 3.05) is 18.0 Å². The Morgan fingerprint density at radius 1 is 1.29 bits per heavy atom. The molecule has 3 heteroatoms. The second-order valence-electron chi connectivity index (χ2n) is 6.50. The van der Waals surface area contributed by atoms with Gasteiger partial charge in [-0.25, -0.2) is 0 Å². The van der Waals surface area contributed by atoms with Crippen molar-refractivity contribution in [1.29, 1.82) is 0 Å². The van der Waals surface area contributed by atoms with E-state index in [9.17, 15) is 0 Å². The number of halogens is 1. The highest BCUT2D eigenvalue weighted by Crippen LogP contribution is 2.29. The lowest BCUT2D eigenvalue weighted by atomic mass is 9.98. The molecule has 0 amide bonds. The summed E-state index contributed by atoms with van der Waals surface area (Å²) >= 11 is 3.62. The number of hydrogen-bond donors (Lipinski definition) is 1. The summed E-state index contributed by atoms with van der Waals surface area (Å²) in [6, 6.07) is 7.25. The first-order valence-corrected chi connectivity index (χ1v) is 9.16. The van der Waals surface area contributed by atoms with Crippen LogP contribution >= 0.6 is 15.9 Å². The molecule has 2 nitrogen and oxygen atoms in total. The molecule has 1 aliphatic heterocycles. The molecule has 0 aliphatic carbocycles. The Kier molecular flexibility index (Phi) is 6.56. The average molecular weight is 353 g/mol. The summed E-state index contributed by atoms with van der Waals surface area (Å²) < 4.78 is 1.17. The Morgan fingerprint density at radius 2 is 2.10 bits per heavy atom. The zero-order valence-corrected chi connectivity index (χ0v) is 15.2. The zero-order chi connectivity index (χ0) is 15.2. The van der Waals surface area contributed by atoms with Gasteiger partial charge in [-0.3, -0.25) is 0 Å². The molecule has 118 valence electrons. The van der Waals surface area contributed by atoms with E-state index in [1.165, 1.54) is 54.5 Å². The van der Waals surface area contributed by atoms with E-state index in [-0.39, 0.29) is 0 Å². The molecule has 0 bridgehead atoms. The molecule has 1 saturated heterocycles. The molecule has 0 aromatic heterocycles. The number of nitrogens with zero attached hydrogens (tertiary/aromatic N) is 1. The second kappa shape index (κ2) is 8.19. The number of rotatable bonds is 5. The van der Waals surface area contributed by atoms with Gasteiger partial charge >= 0.3 is 0 Å². The third-order valence-electron chi connectivity index (χ3n) is 4.51. The predicted octanol–water partition coefficient (Wildman–Crippen LogP) is 4.96. The fourth-order valence-corrected chi connectivity index (χ4v) is 3.54. The lowest BCUT2D eigenvalue weighted by Gasteiger charge is -2.26. The van der Waals surface area contributed by atoms with Gasteiger partial charge < -0.3 is 10.2 Å². The van der Waals surface area contributed by atoms with E-state index >= 15 is 0 Å². The van der Waals surface area contributed by atoms with Crippen LogP contribution in [0.5, 0.6) is 0 Å². The highest BCUT2D eigenvalue weighted by Gasteiger charge is 2.18. The van der Waals surface area contributed by atoms with Crippen molar-refractivity contribution in [3.8, 4) is 0 Å². The Bertz CT molecular complexity index is 445. The van der Waals surface area contributed by atoms with Gasteiger partial charge in [-0.15, -0.1) is 0 Å². The number of benzene rings is 1. The van der Waals surface area contributed by atoms with Crippen molar-refractivity contribution in [3.63, 3.8) is 0 Å². The summed E-state index contributed by atoms with van der Waals surface area (Å²) in [5.41, 5.74) is 2.83. The Morgan fingerprint density at radius 3 is 2.81 bits per heavy atom. The Balaban J connectivity index is 2.13. The largest absolute Gasteiger partial charge is 0.371 e. The van der Waals surface area contributed by atoms with E-state index in [0.29, 0.717) is 6.04 Å². The number of hydrogen-bond acceptors (Lipinski definition) is 2. The molecular formula is C18H29BrN2. The fraction of sp³-hybridized carbons (Fsp3) is 0.667. The number of nitrogens with one attached hydrogen (secondary N) is 1. The topological polar surface area (TPSA) is 15.3 Å². The lowest BCUT2D eigenvalue weighted by molar-refractivity contribution is 0.459. The van der Waals surface area contributed by atoms with E-state index < -0.39 is 0 Å². The van der Waals surface area contributed by atoms with E-state index in [2.05, 4.69) is 65.1 Å². The van der Waals surface area contributed by atoms with Gasteiger partial charge in [-0.1, -0.05) is 43.1 Å². The third-order valence-corrected chi connectivity index (χ3v) is 5.00. The maximum absolute atomic E-state index is 3.62. The molecule has 1 unspecified atom stereocenters. The minimum Gasteiger partial charge on any atom is -0.371 e. The minimum atomic E-state index is 0.519. The van der Waals surface area contributed by atoms with Gasteiger partial charge in [-0.2, -0.15) is 0 Å². The van der Waals surface area contributed by atoms with Crippen LogP contribution in [0.4, 0.5) is 5.69 Å². The molecule has 21 heavy (non-hydrogen) atoms. The van der Waals surface area contributed by atoms with Crippen molar-refractivity contribution < 1.29 is 0 Å². The fourth-order valence-electron chi connectivity index (χ4n) is 3.13. The first-order valence-electron chi connectivity index (χ1n) is 8.37. The summed E-state index contributed by atoms with van der Waals surface area (Å²) in [6.45, 7) is 10.1. The predicted molar refractivity (Wildman–Crippen MR) is 96.0 cm³/mol. The van der Waals surface area contributed by atoms with Gasteiger partial charge in [0.05, 0.1) is 0 Å². The average Bonchev–Trinajstić information content (AvgIpc) is 2.70. The van der Waals surface area contributed by atoms with Gasteiger partial charge in [0.25, 0.3) is 0 Å². The van der Waals surface area contributed by atoms with E-state index in [4.69, 9.17) is 0 Å². The summed E-state index contributed by atoms with van der Waals surface area (Å²) in [7, 11) is 0. The first-order chi connectivity index (χ1) is 10.1. The summed E-state index contributed by atoms with van der Waals surface area (Å²) in [5, 5.41) is 3.56. The third kappa shape index (κ3) is 5.00. The van der Waals surface area contributed by atoms with Crippen LogP contribution in [-0.4, -0.2) is 19.1 Å². The molecule has 1 atom stereocenters. The van der Waals surface area contributed by atoms with Gasteiger partial charge in [0.2, 0.25) is 0 Å². The van der Waals surface area contributed by atoms with Crippen molar-refractivity contribution in [3.05, 3.63) is 28.2 Å². The van der Waals surface area contributed by atoms with E-state index in [0.717, 1.165) is 12.5 Å². The molecule has 1 fully saturated rings. The lowest BCUT2D eigenvalue weighted by Crippen LogP contribution is -2.28. The molecular weight excluding hydrogens is 324 g/mol. The van der Waals surface area contributed by atoms with Crippen molar-refractivity contribution >= 4 is 21.6 Å². The molecule has 1 N–H and O–H groups in total. The SMILES string of the molecule is CCC1CCCN(c2ccc(Br)cc2CNC(C)C)CC1. The summed E-state index contributed by atoms with van der Waals surface area (Å²) in [4.78, 5) is 2.60. The van der Waals surface area contributed by atoms with Crippen LogP contribution in [0.3, 0.4) is 0 Å². The van der Waals surface area contributed by atoms with Crippen LogP contribution in [0.1, 0.15) is 52.0 Å². The molecule has 0 spiro atoms. The molecule has 2 rings (SSSR count). The maximum atomic E-state index is 3.62. The molecule has 1 aromatic carbocycles. The van der Waals surface area contributed by atoms with Crippen LogP contribution in [0.25, 0.3) is 0 Å². The minimum absolute atomic E-state index is 0.519. The quantitative estimate of drug-likeness (QED) is 0.805. The summed E-state index contributed by atoms with van der Waals surface area (Å²) in [5.74, 6) is 0.919. The van der Waals surface area contributed by atoms with Gasteiger partial charge in [0, 0.05) is 35.8 Å². The molecule has 1 aromatic rings. The molecule has 1 heterocycles. The van der Waals surface area contributed by atoms with Gasteiger partial charge in [0.15, 0.2) is 0 Å². The van der Waals surface area contributed by atoms with E-state index in [1.54, 1.807) is 0 Å². The molecule has 0 radical (unpaired) electrons. The Hall–Kier alpha value is -0.540. The van der Waals surface area contributed by atoms with E-state index in [1.807, 2.05) is 0 Å². The highest BCUT2D eigenvalue weighted by molar-refractivity contribution is 9.10. The summed E-state index contributed by atoms with van der Waals surface area (Å²) in [6.07, 6.45) is 5.38. The standard InChI is InChI=1S/C18H29BrN2/c1-4-15-6-5-10-21(11-9-15)18-8-7-17(19)12-16(18)13-20-14(2)3/h7-8,12,14-15,20H,4-6,9-11,13H2,1-3H3. The smallest absolute Gasteiger partial charge is 0.0412 e. The van der Waals surface area contributed by atoms with Crippen LogP contribution in [0.15, 0.2) is 22.7 Å². The van der Waals surface area contributed by atoms with Crippen LogP contribution < -0.4 is 10.2 Å². The van der Waals surface area contributed by atoms with Crippen LogP contribution in [0.2, 0.25) is 0 Å². The van der Waals surface area contributed by atoms with Gasteiger partial charge in [-0.05, 0) is 48.9 Å². The molecule has 0 saturated carbocycles. The normalized spacial score (nSPS) is 19.9. The second-order valence-corrected chi connectivity index (χ2v) is 7.42. The number of anilines is 1. The monoisotopic (exact) mass is 352 g/mol. The van der Waals surface area contributed by atoms with Crippen molar-refractivity contribution in [2.24, 2.45) is 5.92 Å². The highest BCUT2D eigenvalue weighted by atomic mass is 79.9.